The summed E-state index contributed by atoms with van der Waals surface area (Å²) in [6, 6.07) is 13.8. The lowest BCUT2D eigenvalue weighted by Crippen LogP contribution is -2.26. The Morgan fingerprint density at radius 2 is 1.57 bits per heavy atom. The van der Waals surface area contributed by atoms with Crippen LogP contribution in [-0.4, -0.2) is 15.5 Å². The van der Waals surface area contributed by atoms with Crippen molar-refractivity contribution in [3.63, 3.8) is 0 Å². The van der Waals surface area contributed by atoms with Crippen molar-refractivity contribution in [2.75, 3.05) is 7.11 Å². The third-order valence-electron chi connectivity index (χ3n) is 3.28. The molecule has 4 nitrogen and oxygen atoms in total. The number of ether oxygens (including phenoxy) is 1. The predicted octanol–water partition coefficient (Wildman–Crippen LogP) is 3.04. The van der Waals surface area contributed by atoms with Crippen LogP contribution in [0.25, 0.3) is 0 Å². The second-order valence-electron chi connectivity index (χ2n) is 4.93. The second-order valence-corrected chi connectivity index (χ2v) is 6.64. The minimum atomic E-state index is -3.55. The van der Waals surface area contributed by atoms with Gasteiger partial charge in [-0.2, -0.15) is 0 Å². The second kappa shape index (κ2) is 6.28. The zero-order valence-electron chi connectivity index (χ0n) is 12.3. The average Bonchev–Trinajstić information content (AvgIpc) is 2.47. The number of sulfonamides is 1. The van der Waals surface area contributed by atoms with Crippen molar-refractivity contribution < 1.29 is 13.2 Å². The lowest BCUT2D eigenvalue weighted by atomic mass is 10.1. The molecule has 0 bridgehead atoms. The summed E-state index contributed by atoms with van der Waals surface area (Å²) >= 11 is 0. The van der Waals surface area contributed by atoms with E-state index in [0.29, 0.717) is 5.75 Å². The van der Waals surface area contributed by atoms with Crippen LogP contribution in [0.2, 0.25) is 0 Å². The molecule has 5 heteroatoms. The van der Waals surface area contributed by atoms with Gasteiger partial charge in [-0.1, -0.05) is 29.8 Å². The SMILES string of the molecule is COc1ccc(S(=O)(=O)NC(C)c2ccc(C)cc2)cc1. The Morgan fingerprint density at radius 3 is 2.10 bits per heavy atom. The molecular formula is C16H19NO3S. The number of nitrogens with one attached hydrogen (secondary N) is 1. The van der Waals surface area contributed by atoms with Crippen molar-refractivity contribution in [3.8, 4) is 5.75 Å². The van der Waals surface area contributed by atoms with E-state index in [-0.39, 0.29) is 10.9 Å². The van der Waals surface area contributed by atoms with E-state index in [4.69, 9.17) is 4.74 Å². The van der Waals surface area contributed by atoms with Crippen molar-refractivity contribution in [2.24, 2.45) is 0 Å². The summed E-state index contributed by atoms with van der Waals surface area (Å²) in [4.78, 5) is 0.224. The molecule has 1 atom stereocenters. The van der Waals surface area contributed by atoms with Crippen LogP contribution in [0.4, 0.5) is 0 Å². The van der Waals surface area contributed by atoms with Crippen LogP contribution in [0.15, 0.2) is 53.4 Å². The highest BCUT2D eigenvalue weighted by Crippen LogP contribution is 2.19. The number of rotatable bonds is 5. The number of benzene rings is 2. The van der Waals surface area contributed by atoms with Crippen LogP contribution in [0.5, 0.6) is 5.75 Å². The fourth-order valence-electron chi connectivity index (χ4n) is 1.98. The molecule has 0 heterocycles. The molecule has 2 aromatic rings. The molecule has 0 spiro atoms. The zero-order chi connectivity index (χ0) is 15.5. The summed E-state index contributed by atoms with van der Waals surface area (Å²) in [5, 5.41) is 0. The summed E-state index contributed by atoms with van der Waals surface area (Å²) in [6.45, 7) is 3.82. The molecular weight excluding hydrogens is 286 g/mol. The first-order valence-electron chi connectivity index (χ1n) is 6.65. The van der Waals surface area contributed by atoms with Crippen molar-refractivity contribution in [2.45, 2.75) is 24.8 Å². The number of hydrogen-bond acceptors (Lipinski definition) is 3. The largest absolute Gasteiger partial charge is 0.497 e. The standard InChI is InChI=1S/C16H19NO3S/c1-12-4-6-14(7-5-12)13(2)17-21(18,19)16-10-8-15(20-3)9-11-16/h4-11,13,17H,1-3H3. The van der Waals surface area contributed by atoms with E-state index in [1.807, 2.05) is 38.1 Å². The summed E-state index contributed by atoms with van der Waals surface area (Å²) in [7, 11) is -2.01. The normalized spacial score (nSPS) is 12.9. The van der Waals surface area contributed by atoms with Gasteiger partial charge in [0.15, 0.2) is 0 Å². The Balaban J connectivity index is 2.17. The van der Waals surface area contributed by atoms with E-state index < -0.39 is 10.0 Å². The van der Waals surface area contributed by atoms with E-state index in [2.05, 4.69) is 4.72 Å². The molecule has 0 saturated carbocycles. The van der Waals surface area contributed by atoms with Gasteiger partial charge in [0.2, 0.25) is 10.0 Å². The Kier molecular flexibility index (Phi) is 4.65. The monoisotopic (exact) mass is 305 g/mol. The first kappa shape index (κ1) is 15.5. The minimum absolute atomic E-state index is 0.224. The smallest absolute Gasteiger partial charge is 0.241 e. The van der Waals surface area contributed by atoms with Gasteiger partial charge in [-0.25, -0.2) is 13.1 Å². The van der Waals surface area contributed by atoms with Gasteiger partial charge >= 0.3 is 0 Å². The fourth-order valence-corrected chi connectivity index (χ4v) is 3.21. The molecule has 1 N–H and O–H groups in total. The quantitative estimate of drug-likeness (QED) is 0.923. The molecule has 2 rings (SSSR count). The van der Waals surface area contributed by atoms with E-state index in [1.165, 1.54) is 12.1 Å². The summed E-state index contributed by atoms with van der Waals surface area (Å²) in [5.74, 6) is 0.625. The van der Waals surface area contributed by atoms with Crippen molar-refractivity contribution in [1.82, 2.24) is 4.72 Å². The molecule has 0 aliphatic heterocycles. The minimum Gasteiger partial charge on any atom is -0.497 e. The maximum absolute atomic E-state index is 12.3. The lowest BCUT2D eigenvalue weighted by molar-refractivity contribution is 0.414. The predicted molar refractivity (Wildman–Crippen MR) is 82.9 cm³/mol. The molecule has 0 amide bonds. The van der Waals surface area contributed by atoms with Crippen LogP contribution in [0.1, 0.15) is 24.1 Å². The molecule has 0 radical (unpaired) electrons. The molecule has 21 heavy (non-hydrogen) atoms. The van der Waals surface area contributed by atoms with Crippen LogP contribution >= 0.6 is 0 Å². The maximum atomic E-state index is 12.3. The van der Waals surface area contributed by atoms with E-state index in [0.717, 1.165) is 11.1 Å². The summed E-state index contributed by atoms with van der Waals surface area (Å²) in [5.41, 5.74) is 2.07. The van der Waals surface area contributed by atoms with Crippen molar-refractivity contribution in [1.29, 1.82) is 0 Å². The van der Waals surface area contributed by atoms with Gasteiger partial charge in [0.05, 0.1) is 12.0 Å². The van der Waals surface area contributed by atoms with Crippen LogP contribution in [0.3, 0.4) is 0 Å². The zero-order valence-corrected chi connectivity index (χ0v) is 13.1. The van der Waals surface area contributed by atoms with Gasteiger partial charge in [0.25, 0.3) is 0 Å². The summed E-state index contributed by atoms with van der Waals surface area (Å²) < 4.78 is 32.4. The Labute approximate surface area is 125 Å². The van der Waals surface area contributed by atoms with Gasteiger partial charge in [-0.05, 0) is 43.7 Å². The molecule has 0 aromatic heterocycles. The van der Waals surface area contributed by atoms with Gasteiger partial charge < -0.3 is 4.74 Å². The first-order chi connectivity index (χ1) is 9.92. The van der Waals surface area contributed by atoms with Crippen molar-refractivity contribution in [3.05, 3.63) is 59.7 Å². The molecule has 0 fully saturated rings. The average molecular weight is 305 g/mol. The molecule has 0 aliphatic carbocycles. The van der Waals surface area contributed by atoms with Gasteiger partial charge in [0, 0.05) is 6.04 Å². The Bertz CT molecular complexity index is 691. The number of aryl methyl sites for hydroxylation is 1. The number of hydrogen-bond donors (Lipinski definition) is 1. The highest BCUT2D eigenvalue weighted by Gasteiger charge is 2.18. The maximum Gasteiger partial charge on any atom is 0.241 e. The van der Waals surface area contributed by atoms with Crippen LogP contribution in [-0.2, 0) is 10.0 Å². The van der Waals surface area contributed by atoms with E-state index in [1.54, 1.807) is 19.2 Å². The third-order valence-corrected chi connectivity index (χ3v) is 4.84. The number of methoxy groups -OCH3 is 1. The van der Waals surface area contributed by atoms with Gasteiger partial charge in [-0.3, -0.25) is 0 Å². The first-order valence-corrected chi connectivity index (χ1v) is 8.13. The molecule has 2 aromatic carbocycles. The van der Waals surface area contributed by atoms with Crippen molar-refractivity contribution >= 4 is 10.0 Å². The lowest BCUT2D eigenvalue weighted by Gasteiger charge is -2.15. The van der Waals surface area contributed by atoms with E-state index >= 15 is 0 Å². The van der Waals surface area contributed by atoms with Crippen LogP contribution < -0.4 is 9.46 Å². The molecule has 0 saturated heterocycles. The van der Waals surface area contributed by atoms with Crippen LogP contribution in [0, 0.1) is 6.92 Å². The highest BCUT2D eigenvalue weighted by molar-refractivity contribution is 7.89. The molecule has 112 valence electrons. The molecule has 0 aliphatic rings. The van der Waals surface area contributed by atoms with E-state index in [9.17, 15) is 8.42 Å². The Morgan fingerprint density at radius 1 is 1.00 bits per heavy atom. The van der Waals surface area contributed by atoms with Gasteiger partial charge in [-0.15, -0.1) is 0 Å². The summed E-state index contributed by atoms with van der Waals surface area (Å²) in [6.07, 6.45) is 0. The third kappa shape index (κ3) is 3.83. The Hall–Kier alpha value is -1.85. The fraction of sp³-hybridized carbons (Fsp3) is 0.250. The topological polar surface area (TPSA) is 55.4 Å². The highest BCUT2D eigenvalue weighted by atomic mass is 32.2. The van der Waals surface area contributed by atoms with Gasteiger partial charge in [0.1, 0.15) is 5.75 Å². The molecule has 1 unspecified atom stereocenters.